The first-order valence-corrected chi connectivity index (χ1v) is 8.70. The highest BCUT2D eigenvalue weighted by Crippen LogP contribution is 2.23. The molecule has 2 aromatic carbocycles. The first-order valence-electron chi connectivity index (χ1n) is 7.16. The Hall–Kier alpha value is -1.89. The molecule has 0 unspecified atom stereocenters. The minimum Gasteiger partial charge on any atom is -0.319 e. The van der Waals surface area contributed by atoms with Gasteiger partial charge in [0.15, 0.2) is 0 Å². The number of halogens is 4. The molecule has 0 saturated heterocycles. The predicted molar refractivity (Wildman–Crippen MR) is 99.8 cm³/mol. The molecule has 1 heterocycles. The topological polar surface area (TPSA) is 46.9 Å². The molecule has 1 N–H and O–H groups in total. The number of carbonyl (C=O) groups is 1. The van der Waals surface area contributed by atoms with Crippen molar-refractivity contribution in [2.24, 2.45) is 0 Å². The SMILES string of the molecule is O=C(Nc1cnn(Cc2ccc(Cl)cc2Cl)c1)c1c(F)cccc1Br. The standard InChI is InChI=1S/C17H11BrCl2FN3O/c18-13-2-1-3-15(21)16(13)17(25)23-12-7-22-24(9-12)8-10-4-5-11(19)6-14(10)20/h1-7,9H,8H2,(H,23,25). The maximum Gasteiger partial charge on any atom is 0.259 e. The molecule has 0 spiro atoms. The molecular formula is C17H11BrCl2FN3O. The molecule has 0 aliphatic carbocycles. The lowest BCUT2D eigenvalue weighted by Crippen LogP contribution is -2.14. The summed E-state index contributed by atoms with van der Waals surface area (Å²) in [6, 6.07) is 9.55. The zero-order valence-corrected chi connectivity index (χ0v) is 15.7. The summed E-state index contributed by atoms with van der Waals surface area (Å²) >= 11 is 15.2. The molecule has 3 rings (SSSR count). The number of rotatable bonds is 4. The van der Waals surface area contributed by atoms with E-state index in [-0.39, 0.29) is 5.56 Å². The first-order chi connectivity index (χ1) is 11.9. The summed E-state index contributed by atoms with van der Waals surface area (Å²) in [4.78, 5) is 12.3. The molecule has 128 valence electrons. The van der Waals surface area contributed by atoms with E-state index in [1.807, 2.05) is 0 Å². The van der Waals surface area contributed by atoms with Crippen molar-refractivity contribution in [2.45, 2.75) is 6.54 Å². The van der Waals surface area contributed by atoms with E-state index in [9.17, 15) is 9.18 Å². The fraction of sp³-hybridized carbons (Fsp3) is 0.0588. The summed E-state index contributed by atoms with van der Waals surface area (Å²) in [5, 5.41) is 7.88. The fourth-order valence-electron chi connectivity index (χ4n) is 2.25. The summed E-state index contributed by atoms with van der Waals surface area (Å²) < 4.78 is 15.8. The molecule has 1 amide bonds. The summed E-state index contributed by atoms with van der Waals surface area (Å²) in [5.74, 6) is -1.17. The fourth-order valence-corrected chi connectivity index (χ4v) is 3.24. The van der Waals surface area contributed by atoms with Gasteiger partial charge in [0.05, 0.1) is 24.0 Å². The smallest absolute Gasteiger partial charge is 0.259 e. The van der Waals surface area contributed by atoms with Crippen LogP contribution in [0.25, 0.3) is 0 Å². The van der Waals surface area contributed by atoms with Crippen molar-refractivity contribution in [3.05, 3.63) is 80.3 Å². The maximum atomic E-state index is 13.8. The van der Waals surface area contributed by atoms with Crippen molar-refractivity contribution in [3.63, 3.8) is 0 Å². The van der Waals surface area contributed by atoms with E-state index in [1.165, 1.54) is 18.3 Å². The van der Waals surface area contributed by atoms with Gasteiger partial charge in [-0.3, -0.25) is 9.48 Å². The van der Waals surface area contributed by atoms with Crippen molar-refractivity contribution >= 4 is 50.7 Å². The van der Waals surface area contributed by atoms with Crippen LogP contribution in [0.4, 0.5) is 10.1 Å². The van der Waals surface area contributed by atoms with Crippen molar-refractivity contribution in [1.29, 1.82) is 0 Å². The van der Waals surface area contributed by atoms with Gasteiger partial charge in [-0.15, -0.1) is 0 Å². The highest BCUT2D eigenvalue weighted by molar-refractivity contribution is 9.10. The van der Waals surface area contributed by atoms with Crippen LogP contribution in [0, 0.1) is 5.82 Å². The lowest BCUT2D eigenvalue weighted by Gasteiger charge is -2.06. The highest BCUT2D eigenvalue weighted by Gasteiger charge is 2.16. The number of anilines is 1. The minimum absolute atomic E-state index is 0.0593. The number of carbonyl (C=O) groups excluding carboxylic acids is 1. The number of aromatic nitrogens is 2. The zero-order chi connectivity index (χ0) is 18.0. The molecule has 25 heavy (non-hydrogen) atoms. The van der Waals surface area contributed by atoms with Gasteiger partial charge in [0.25, 0.3) is 5.91 Å². The Kier molecular flexibility index (Phi) is 5.42. The van der Waals surface area contributed by atoms with Gasteiger partial charge in [-0.2, -0.15) is 5.10 Å². The molecule has 0 aliphatic heterocycles. The van der Waals surface area contributed by atoms with Crippen LogP contribution < -0.4 is 5.32 Å². The molecule has 0 radical (unpaired) electrons. The second-order valence-corrected chi connectivity index (χ2v) is 6.91. The quantitative estimate of drug-likeness (QED) is 0.588. The third-order valence-corrected chi connectivity index (χ3v) is 4.68. The van der Waals surface area contributed by atoms with Crippen molar-refractivity contribution in [1.82, 2.24) is 9.78 Å². The Morgan fingerprint density at radius 2 is 2.08 bits per heavy atom. The lowest BCUT2D eigenvalue weighted by molar-refractivity contribution is 0.102. The van der Waals surface area contributed by atoms with Crippen molar-refractivity contribution < 1.29 is 9.18 Å². The van der Waals surface area contributed by atoms with Gasteiger partial charge >= 0.3 is 0 Å². The Morgan fingerprint density at radius 1 is 1.28 bits per heavy atom. The van der Waals surface area contributed by atoms with Crippen LogP contribution in [0.5, 0.6) is 0 Å². The van der Waals surface area contributed by atoms with E-state index in [2.05, 4.69) is 26.3 Å². The summed E-state index contributed by atoms with van der Waals surface area (Å²) in [5.41, 5.74) is 1.23. The monoisotopic (exact) mass is 441 g/mol. The molecule has 0 atom stereocenters. The Labute approximate surface area is 161 Å². The van der Waals surface area contributed by atoms with Crippen molar-refractivity contribution in [2.75, 3.05) is 5.32 Å². The molecular weight excluding hydrogens is 432 g/mol. The van der Waals surface area contributed by atoms with Crippen LogP contribution in [-0.2, 0) is 6.54 Å². The lowest BCUT2D eigenvalue weighted by atomic mass is 10.2. The Bertz CT molecular complexity index is 925. The molecule has 0 saturated carbocycles. The van der Waals surface area contributed by atoms with E-state index in [1.54, 1.807) is 35.1 Å². The normalized spacial score (nSPS) is 10.7. The van der Waals surface area contributed by atoms with Gasteiger partial charge in [0.1, 0.15) is 5.82 Å². The highest BCUT2D eigenvalue weighted by atomic mass is 79.9. The second-order valence-electron chi connectivity index (χ2n) is 5.21. The summed E-state index contributed by atoms with van der Waals surface area (Å²) in [6.07, 6.45) is 3.12. The van der Waals surface area contributed by atoms with Gasteiger partial charge in [-0.1, -0.05) is 35.3 Å². The number of amides is 1. The molecule has 1 aromatic heterocycles. The van der Waals surface area contributed by atoms with E-state index in [4.69, 9.17) is 23.2 Å². The van der Waals surface area contributed by atoms with Gasteiger partial charge in [0.2, 0.25) is 0 Å². The third-order valence-electron chi connectivity index (χ3n) is 3.43. The number of nitrogens with one attached hydrogen (secondary N) is 1. The van der Waals surface area contributed by atoms with Crippen LogP contribution >= 0.6 is 39.1 Å². The molecule has 0 bridgehead atoms. The minimum atomic E-state index is -0.604. The van der Waals surface area contributed by atoms with E-state index < -0.39 is 11.7 Å². The predicted octanol–water partition coefficient (Wildman–Crippen LogP) is 5.39. The number of hydrogen-bond acceptors (Lipinski definition) is 2. The van der Waals surface area contributed by atoms with E-state index >= 15 is 0 Å². The summed E-state index contributed by atoms with van der Waals surface area (Å²) in [6.45, 7) is 0.412. The van der Waals surface area contributed by atoms with Gasteiger partial charge < -0.3 is 5.32 Å². The average molecular weight is 443 g/mol. The van der Waals surface area contributed by atoms with Crippen LogP contribution in [0.1, 0.15) is 15.9 Å². The Morgan fingerprint density at radius 3 is 2.80 bits per heavy atom. The van der Waals surface area contributed by atoms with Gasteiger partial charge in [0, 0.05) is 20.7 Å². The van der Waals surface area contributed by atoms with E-state index in [0.717, 1.165) is 5.56 Å². The van der Waals surface area contributed by atoms with E-state index in [0.29, 0.717) is 26.8 Å². The van der Waals surface area contributed by atoms with Gasteiger partial charge in [-0.05, 0) is 45.8 Å². The first kappa shape index (κ1) is 17.9. The second kappa shape index (κ2) is 7.56. The van der Waals surface area contributed by atoms with Crippen molar-refractivity contribution in [3.8, 4) is 0 Å². The molecule has 4 nitrogen and oxygen atoms in total. The van der Waals surface area contributed by atoms with Crippen LogP contribution in [0.3, 0.4) is 0 Å². The third kappa shape index (κ3) is 4.21. The number of benzene rings is 2. The Balaban J connectivity index is 1.74. The zero-order valence-electron chi connectivity index (χ0n) is 12.6. The summed E-state index contributed by atoms with van der Waals surface area (Å²) in [7, 11) is 0. The largest absolute Gasteiger partial charge is 0.319 e. The van der Waals surface area contributed by atoms with Crippen LogP contribution in [-0.4, -0.2) is 15.7 Å². The molecule has 8 heteroatoms. The molecule has 0 aliphatic rings. The van der Waals surface area contributed by atoms with Gasteiger partial charge in [-0.25, -0.2) is 4.39 Å². The number of hydrogen-bond donors (Lipinski definition) is 1. The average Bonchev–Trinajstić information content (AvgIpc) is 2.97. The molecule has 3 aromatic rings. The van der Waals surface area contributed by atoms with Crippen LogP contribution in [0.2, 0.25) is 10.0 Å². The van der Waals surface area contributed by atoms with Crippen LogP contribution in [0.15, 0.2) is 53.3 Å². The number of nitrogens with zero attached hydrogens (tertiary/aromatic N) is 2. The molecule has 0 fully saturated rings. The maximum absolute atomic E-state index is 13.8.